The van der Waals surface area contributed by atoms with Crippen LogP contribution in [0.1, 0.15) is 11.6 Å². The van der Waals surface area contributed by atoms with Gasteiger partial charge in [-0.1, -0.05) is 15.9 Å². The van der Waals surface area contributed by atoms with Crippen LogP contribution in [0.25, 0.3) is 0 Å². The Kier molecular flexibility index (Phi) is 4.26. The normalized spacial score (nSPS) is 13.4. The Morgan fingerprint density at radius 1 is 1.24 bits per heavy atom. The molecule has 0 radical (unpaired) electrons. The lowest BCUT2D eigenvalue weighted by Crippen LogP contribution is -2.29. The zero-order valence-corrected chi connectivity index (χ0v) is 10.7. The highest BCUT2D eigenvalue weighted by Crippen LogP contribution is 2.42. The molecule has 0 saturated carbocycles. The molecule has 1 aromatic carbocycles. The lowest BCUT2D eigenvalue weighted by atomic mass is 10.1. The van der Waals surface area contributed by atoms with Gasteiger partial charge < -0.3 is 15.2 Å². The molecule has 1 atom stereocenters. The lowest BCUT2D eigenvalue weighted by molar-refractivity contribution is -0.149. The average Bonchev–Trinajstić information content (AvgIpc) is 2.25. The second kappa shape index (κ2) is 5.14. The molecule has 1 rings (SSSR count). The van der Waals surface area contributed by atoms with Crippen LogP contribution in [-0.4, -0.2) is 20.4 Å². The highest BCUT2D eigenvalue weighted by molar-refractivity contribution is 9.10. The van der Waals surface area contributed by atoms with Crippen molar-refractivity contribution < 1.29 is 22.6 Å². The minimum Gasteiger partial charge on any atom is -0.493 e. The van der Waals surface area contributed by atoms with E-state index < -0.39 is 12.2 Å². The van der Waals surface area contributed by atoms with Crippen molar-refractivity contribution in [2.24, 2.45) is 5.73 Å². The largest absolute Gasteiger partial charge is 0.493 e. The van der Waals surface area contributed by atoms with E-state index in [1.165, 1.54) is 26.4 Å². The summed E-state index contributed by atoms with van der Waals surface area (Å²) >= 11 is 3.09. The smallest absolute Gasteiger partial charge is 0.407 e. The maximum absolute atomic E-state index is 12.6. The van der Waals surface area contributed by atoms with Gasteiger partial charge in [-0.2, -0.15) is 13.2 Å². The summed E-state index contributed by atoms with van der Waals surface area (Å²) < 4.78 is 48.0. The van der Waals surface area contributed by atoms with E-state index in [1.54, 1.807) is 0 Å². The van der Waals surface area contributed by atoms with Crippen molar-refractivity contribution in [3.8, 4) is 11.5 Å². The van der Waals surface area contributed by atoms with Gasteiger partial charge in [-0.05, 0) is 12.1 Å². The summed E-state index contributed by atoms with van der Waals surface area (Å²) in [6.07, 6.45) is -4.54. The molecule has 0 saturated heterocycles. The first-order chi connectivity index (χ1) is 7.81. The molecule has 2 N–H and O–H groups in total. The summed E-state index contributed by atoms with van der Waals surface area (Å²) in [5, 5.41) is 0. The fourth-order valence-corrected chi connectivity index (χ4v) is 1.82. The van der Waals surface area contributed by atoms with Crippen LogP contribution in [0.4, 0.5) is 13.2 Å². The fraction of sp³-hybridized carbons (Fsp3) is 0.400. The van der Waals surface area contributed by atoms with E-state index >= 15 is 0 Å². The first-order valence-corrected chi connectivity index (χ1v) is 5.34. The molecule has 7 heteroatoms. The van der Waals surface area contributed by atoms with Crippen LogP contribution in [0.2, 0.25) is 0 Å². The standard InChI is InChI=1S/C10H11BrF3NO2/c1-16-7-4-5(11)3-6(8(7)17-2)9(15)10(12,13)14/h3-4,9H,15H2,1-2H3/t9-/m0/s1. The van der Waals surface area contributed by atoms with Crippen LogP contribution >= 0.6 is 15.9 Å². The molecular formula is C10H11BrF3NO2. The van der Waals surface area contributed by atoms with Crippen molar-refractivity contribution >= 4 is 15.9 Å². The Balaban J connectivity index is 3.36. The quantitative estimate of drug-likeness (QED) is 0.933. The third kappa shape index (κ3) is 3.04. The predicted molar refractivity (Wildman–Crippen MR) is 60.2 cm³/mol. The molecule has 0 aliphatic heterocycles. The molecule has 3 nitrogen and oxygen atoms in total. The van der Waals surface area contributed by atoms with Crippen molar-refractivity contribution in [1.82, 2.24) is 0 Å². The summed E-state index contributed by atoms with van der Waals surface area (Å²) in [4.78, 5) is 0. The number of alkyl halides is 3. The van der Waals surface area contributed by atoms with Gasteiger partial charge in [0.2, 0.25) is 0 Å². The number of nitrogens with two attached hydrogens (primary N) is 1. The molecule has 17 heavy (non-hydrogen) atoms. The van der Waals surface area contributed by atoms with E-state index in [4.69, 9.17) is 15.2 Å². The highest BCUT2D eigenvalue weighted by Gasteiger charge is 2.40. The van der Waals surface area contributed by atoms with Crippen LogP contribution in [0.3, 0.4) is 0 Å². The van der Waals surface area contributed by atoms with Gasteiger partial charge in [0.25, 0.3) is 0 Å². The van der Waals surface area contributed by atoms with Crippen molar-refractivity contribution in [1.29, 1.82) is 0 Å². The third-order valence-electron chi connectivity index (χ3n) is 2.16. The van der Waals surface area contributed by atoms with Crippen molar-refractivity contribution in [2.75, 3.05) is 14.2 Å². The van der Waals surface area contributed by atoms with Crippen LogP contribution in [0, 0.1) is 0 Å². The summed E-state index contributed by atoms with van der Waals surface area (Å²) in [6.45, 7) is 0. The molecule has 0 aromatic heterocycles. The monoisotopic (exact) mass is 313 g/mol. The average molecular weight is 314 g/mol. The lowest BCUT2D eigenvalue weighted by Gasteiger charge is -2.20. The van der Waals surface area contributed by atoms with Crippen LogP contribution < -0.4 is 15.2 Å². The van der Waals surface area contributed by atoms with Gasteiger partial charge in [-0.3, -0.25) is 0 Å². The number of methoxy groups -OCH3 is 2. The topological polar surface area (TPSA) is 44.5 Å². The van der Waals surface area contributed by atoms with Crippen molar-refractivity contribution in [3.63, 3.8) is 0 Å². The van der Waals surface area contributed by atoms with Gasteiger partial charge in [0.1, 0.15) is 6.04 Å². The van der Waals surface area contributed by atoms with Gasteiger partial charge in [0.05, 0.1) is 14.2 Å². The fourth-order valence-electron chi connectivity index (χ4n) is 1.37. The summed E-state index contributed by atoms with van der Waals surface area (Å²) in [7, 11) is 2.60. The molecule has 0 aliphatic rings. The maximum atomic E-state index is 12.6. The number of rotatable bonds is 3. The number of benzene rings is 1. The number of hydrogen-bond donors (Lipinski definition) is 1. The maximum Gasteiger partial charge on any atom is 0.407 e. The first-order valence-electron chi connectivity index (χ1n) is 4.55. The Morgan fingerprint density at radius 2 is 1.82 bits per heavy atom. The number of hydrogen-bond acceptors (Lipinski definition) is 3. The molecule has 1 aromatic rings. The molecule has 0 fully saturated rings. The predicted octanol–water partition coefficient (Wildman–Crippen LogP) is 3.03. The SMILES string of the molecule is COc1cc(Br)cc([C@H](N)C(F)(F)F)c1OC. The van der Waals surface area contributed by atoms with Gasteiger partial charge >= 0.3 is 6.18 Å². The van der Waals surface area contributed by atoms with Gasteiger partial charge in [-0.15, -0.1) is 0 Å². The Labute approximate surface area is 105 Å². The Bertz CT molecular complexity index is 409. The molecule has 0 spiro atoms. The molecule has 0 heterocycles. The second-order valence-corrected chi connectivity index (χ2v) is 4.17. The first kappa shape index (κ1) is 14.1. The van der Waals surface area contributed by atoms with Crippen LogP contribution in [-0.2, 0) is 0 Å². The number of ether oxygens (including phenoxy) is 2. The number of halogens is 4. The van der Waals surface area contributed by atoms with Crippen LogP contribution in [0.5, 0.6) is 11.5 Å². The van der Waals surface area contributed by atoms with Gasteiger partial charge in [0, 0.05) is 10.0 Å². The zero-order valence-electron chi connectivity index (χ0n) is 9.14. The van der Waals surface area contributed by atoms with E-state index in [1.807, 2.05) is 0 Å². The van der Waals surface area contributed by atoms with E-state index in [9.17, 15) is 13.2 Å². The molecule has 0 amide bonds. The van der Waals surface area contributed by atoms with E-state index in [0.717, 1.165) is 0 Å². The molecular weight excluding hydrogens is 303 g/mol. The molecule has 0 bridgehead atoms. The van der Waals surface area contributed by atoms with E-state index in [2.05, 4.69) is 15.9 Å². The highest BCUT2D eigenvalue weighted by atomic mass is 79.9. The third-order valence-corrected chi connectivity index (χ3v) is 2.62. The minimum atomic E-state index is -4.54. The zero-order chi connectivity index (χ0) is 13.2. The van der Waals surface area contributed by atoms with Crippen LogP contribution in [0.15, 0.2) is 16.6 Å². The summed E-state index contributed by atoms with van der Waals surface area (Å²) in [6, 6.07) is 0.647. The molecule has 0 aliphatic carbocycles. The van der Waals surface area contributed by atoms with E-state index in [0.29, 0.717) is 4.47 Å². The summed E-state index contributed by atoms with van der Waals surface area (Å²) in [5.74, 6) is 0.178. The van der Waals surface area contributed by atoms with Crippen molar-refractivity contribution in [3.05, 3.63) is 22.2 Å². The van der Waals surface area contributed by atoms with E-state index in [-0.39, 0.29) is 17.1 Å². The second-order valence-electron chi connectivity index (χ2n) is 3.25. The summed E-state index contributed by atoms with van der Waals surface area (Å²) in [5.41, 5.74) is 4.98. The Hall–Kier alpha value is -0.950. The van der Waals surface area contributed by atoms with Gasteiger partial charge in [-0.25, -0.2) is 0 Å². The Morgan fingerprint density at radius 3 is 2.24 bits per heavy atom. The molecule has 96 valence electrons. The van der Waals surface area contributed by atoms with Gasteiger partial charge in [0.15, 0.2) is 11.5 Å². The minimum absolute atomic E-state index is 0.0134. The molecule has 0 unspecified atom stereocenters. The van der Waals surface area contributed by atoms with Crippen molar-refractivity contribution in [2.45, 2.75) is 12.2 Å².